The highest BCUT2D eigenvalue weighted by Gasteiger charge is 2.33. The van der Waals surface area contributed by atoms with Crippen LogP contribution < -0.4 is 0 Å². The predicted molar refractivity (Wildman–Crippen MR) is 86.9 cm³/mol. The first-order valence-electron chi connectivity index (χ1n) is 8.21. The van der Waals surface area contributed by atoms with Crippen molar-refractivity contribution in [3.05, 3.63) is 39.3 Å². The maximum absolute atomic E-state index is 12.5. The van der Waals surface area contributed by atoms with E-state index in [2.05, 4.69) is 27.7 Å². The molecule has 0 saturated carbocycles. The number of carbonyl (C=O) groups is 1. The van der Waals surface area contributed by atoms with Gasteiger partial charge in [-0.15, -0.1) is 11.3 Å². The number of hydrogen-bond donors (Lipinski definition) is 1. The van der Waals surface area contributed by atoms with Gasteiger partial charge < -0.3 is 4.90 Å². The Morgan fingerprint density at radius 1 is 1.41 bits per heavy atom. The van der Waals surface area contributed by atoms with E-state index in [0.717, 1.165) is 37.9 Å². The van der Waals surface area contributed by atoms with Gasteiger partial charge in [0.25, 0.3) is 0 Å². The summed E-state index contributed by atoms with van der Waals surface area (Å²) in [5.74, 6) is 0.275. The van der Waals surface area contributed by atoms with Gasteiger partial charge in [0.2, 0.25) is 5.91 Å². The zero-order chi connectivity index (χ0) is 14.9. The molecule has 1 aliphatic heterocycles. The van der Waals surface area contributed by atoms with E-state index in [0.29, 0.717) is 12.5 Å². The van der Waals surface area contributed by atoms with E-state index in [9.17, 15) is 4.79 Å². The number of carbonyl (C=O) groups excluding carboxylic acids is 1. The fraction of sp³-hybridized carbons (Fsp3) is 0.529. The third kappa shape index (κ3) is 2.47. The van der Waals surface area contributed by atoms with E-state index in [1.54, 1.807) is 11.3 Å². The Bertz CT molecular complexity index is 662. The normalized spacial score (nSPS) is 20.5. The Labute approximate surface area is 134 Å². The molecule has 116 valence electrons. The lowest BCUT2D eigenvalue weighted by molar-refractivity contribution is -0.139. The number of thiophene rings is 1. The summed E-state index contributed by atoms with van der Waals surface area (Å²) in [5.41, 5.74) is 3.81. The van der Waals surface area contributed by atoms with Crippen LogP contribution in [0.4, 0.5) is 0 Å². The number of rotatable bonds is 4. The summed E-state index contributed by atoms with van der Waals surface area (Å²) in [6.45, 7) is 0.903. The predicted octanol–water partition coefficient (Wildman–Crippen LogP) is 3.26. The van der Waals surface area contributed by atoms with E-state index in [4.69, 9.17) is 0 Å². The summed E-state index contributed by atoms with van der Waals surface area (Å²) < 4.78 is 0. The minimum absolute atomic E-state index is 0.275. The second-order valence-corrected chi connectivity index (χ2v) is 7.22. The molecule has 1 unspecified atom stereocenters. The van der Waals surface area contributed by atoms with Crippen molar-refractivity contribution in [1.29, 1.82) is 0 Å². The molecule has 1 aliphatic carbocycles. The number of hydrogen-bond acceptors (Lipinski definition) is 3. The number of aromatic amines is 1. The highest BCUT2D eigenvalue weighted by atomic mass is 32.1. The number of H-pyrrole nitrogens is 1. The molecule has 22 heavy (non-hydrogen) atoms. The lowest BCUT2D eigenvalue weighted by Gasteiger charge is -2.40. The van der Waals surface area contributed by atoms with Crippen molar-refractivity contribution in [3.8, 4) is 0 Å². The van der Waals surface area contributed by atoms with Crippen LogP contribution in [0.3, 0.4) is 0 Å². The van der Waals surface area contributed by atoms with Crippen LogP contribution >= 0.6 is 11.3 Å². The van der Waals surface area contributed by atoms with Crippen LogP contribution in [0, 0.1) is 0 Å². The maximum atomic E-state index is 12.5. The van der Waals surface area contributed by atoms with E-state index in [1.165, 1.54) is 29.0 Å². The third-order valence-electron chi connectivity index (χ3n) is 4.93. The van der Waals surface area contributed by atoms with Crippen LogP contribution in [0.1, 0.15) is 53.6 Å². The molecule has 1 atom stereocenters. The number of nitrogens with zero attached hydrogens (tertiary/aromatic N) is 2. The van der Waals surface area contributed by atoms with E-state index < -0.39 is 0 Å². The van der Waals surface area contributed by atoms with Crippen molar-refractivity contribution in [1.82, 2.24) is 15.1 Å². The van der Waals surface area contributed by atoms with Gasteiger partial charge in [-0.1, -0.05) is 6.07 Å². The summed E-state index contributed by atoms with van der Waals surface area (Å²) in [4.78, 5) is 15.8. The molecule has 1 amide bonds. The van der Waals surface area contributed by atoms with Crippen molar-refractivity contribution in [2.45, 2.75) is 51.0 Å². The van der Waals surface area contributed by atoms with E-state index in [1.807, 2.05) is 4.90 Å². The van der Waals surface area contributed by atoms with Crippen LogP contribution in [0.25, 0.3) is 0 Å². The maximum Gasteiger partial charge on any atom is 0.223 e. The smallest absolute Gasteiger partial charge is 0.223 e. The largest absolute Gasteiger partial charge is 0.335 e. The molecule has 5 heteroatoms. The molecule has 3 heterocycles. The average Bonchev–Trinajstić information content (AvgIpc) is 3.13. The van der Waals surface area contributed by atoms with Crippen molar-refractivity contribution in [3.63, 3.8) is 0 Å². The van der Waals surface area contributed by atoms with Gasteiger partial charge in [0.1, 0.15) is 0 Å². The first-order chi connectivity index (χ1) is 10.8. The van der Waals surface area contributed by atoms with Crippen LogP contribution in [0.2, 0.25) is 0 Å². The first kappa shape index (κ1) is 14.0. The van der Waals surface area contributed by atoms with E-state index >= 15 is 0 Å². The van der Waals surface area contributed by atoms with Crippen molar-refractivity contribution >= 4 is 17.2 Å². The van der Waals surface area contributed by atoms with Gasteiger partial charge in [-0.05, 0) is 49.1 Å². The quantitative estimate of drug-likeness (QED) is 0.941. The summed E-state index contributed by atoms with van der Waals surface area (Å²) in [7, 11) is 0. The first-order valence-corrected chi connectivity index (χ1v) is 9.09. The Balaban J connectivity index is 1.38. The number of aryl methyl sites for hydroxylation is 2. The molecular formula is C17H21N3OS. The summed E-state index contributed by atoms with van der Waals surface area (Å²) >= 11 is 1.75. The SMILES string of the molecule is O=C(CCc1n[nH]c2c1CCCC2)N1CCC1c1cccs1. The van der Waals surface area contributed by atoms with Gasteiger partial charge in [0, 0.05) is 30.0 Å². The molecule has 4 nitrogen and oxygen atoms in total. The molecule has 2 aromatic heterocycles. The van der Waals surface area contributed by atoms with Gasteiger partial charge in [0.15, 0.2) is 0 Å². The van der Waals surface area contributed by atoms with Crippen LogP contribution in [-0.2, 0) is 24.1 Å². The molecule has 1 fully saturated rings. The van der Waals surface area contributed by atoms with Crippen LogP contribution in [0.15, 0.2) is 17.5 Å². The van der Waals surface area contributed by atoms with Gasteiger partial charge in [-0.2, -0.15) is 5.10 Å². The van der Waals surface area contributed by atoms with Crippen LogP contribution in [0.5, 0.6) is 0 Å². The lowest BCUT2D eigenvalue weighted by atomic mass is 9.94. The number of amides is 1. The second kappa shape index (κ2) is 5.88. The fourth-order valence-corrected chi connectivity index (χ4v) is 4.46. The Hall–Kier alpha value is -1.62. The minimum Gasteiger partial charge on any atom is -0.335 e. The van der Waals surface area contributed by atoms with E-state index in [-0.39, 0.29) is 5.91 Å². The summed E-state index contributed by atoms with van der Waals surface area (Å²) in [6, 6.07) is 4.52. The highest BCUT2D eigenvalue weighted by molar-refractivity contribution is 7.10. The van der Waals surface area contributed by atoms with Gasteiger partial charge in [-0.3, -0.25) is 9.89 Å². The summed E-state index contributed by atoms with van der Waals surface area (Å²) in [5, 5.41) is 9.70. The summed E-state index contributed by atoms with van der Waals surface area (Å²) in [6.07, 6.45) is 7.20. The van der Waals surface area contributed by atoms with Crippen molar-refractivity contribution < 1.29 is 4.79 Å². The van der Waals surface area contributed by atoms with Crippen molar-refractivity contribution in [2.24, 2.45) is 0 Å². The molecular weight excluding hydrogens is 294 g/mol. The molecule has 2 aromatic rings. The molecule has 0 bridgehead atoms. The van der Waals surface area contributed by atoms with Gasteiger partial charge >= 0.3 is 0 Å². The zero-order valence-electron chi connectivity index (χ0n) is 12.7. The molecule has 1 N–H and O–H groups in total. The highest BCUT2D eigenvalue weighted by Crippen LogP contribution is 2.36. The Kier molecular flexibility index (Phi) is 3.74. The molecule has 2 aliphatic rings. The topological polar surface area (TPSA) is 49.0 Å². The molecule has 0 radical (unpaired) electrons. The molecule has 1 saturated heterocycles. The number of nitrogens with one attached hydrogen (secondary N) is 1. The van der Waals surface area contributed by atoms with Crippen LogP contribution in [-0.4, -0.2) is 27.5 Å². The third-order valence-corrected chi connectivity index (χ3v) is 5.90. The molecule has 0 spiro atoms. The number of aromatic nitrogens is 2. The number of fused-ring (bicyclic) bond motifs is 1. The Morgan fingerprint density at radius 3 is 3.09 bits per heavy atom. The average molecular weight is 315 g/mol. The van der Waals surface area contributed by atoms with Gasteiger partial charge in [-0.25, -0.2) is 0 Å². The Morgan fingerprint density at radius 2 is 2.32 bits per heavy atom. The molecule has 0 aromatic carbocycles. The molecule has 4 rings (SSSR count). The zero-order valence-corrected chi connectivity index (χ0v) is 13.5. The lowest BCUT2D eigenvalue weighted by Crippen LogP contribution is -2.44. The van der Waals surface area contributed by atoms with Gasteiger partial charge in [0.05, 0.1) is 11.7 Å². The minimum atomic E-state index is 0.275. The second-order valence-electron chi connectivity index (χ2n) is 6.24. The fourth-order valence-electron chi connectivity index (χ4n) is 3.59. The number of likely N-dealkylation sites (tertiary alicyclic amines) is 1. The standard InChI is InChI=1S/C17H21N3OS/c21-17(20-10-9-15(20)16-6-3-11-22-16)8-7-14-12-4-1-2-5-13(12)18-19-14/h3,6,11,15H,1-2,4-5,7-10H2,(H,18,19). The van der Waals surface area contributed by atoms with Crippen molar-refractivity contribution in [2.75, 3.05) is 6.54 Å². The monoisotopic (exact) mass is 315 g/mol.